The molecule has 0 bridgehead atoms. The first-order valence-electron chi connectivity index (χ1n) is 5.15. The average molecular weight is 226 g/mol. The molecule has 1 aliphatic heterocycles. The van der Waals surface area contributed by atoms with Gasteiger partial charge in [-0.05, 0) is 12.8 Å². The summed E-state index contributed by atoms with van der Waals surface area (Å²) in [6.07, 6.45) is 0.570. The molecule has 1 aliphatic rings. The Hall–Kier alpha value is -1.56. The maximum atomic E-state index is 10.4. The van der Waals surface area contributed by atoms with Crippen LogP contribution in [0.4, 0.5) is 10.6 Å². The quantitative estimate of drug-likeness (QED) is 0.803. The van der Waals surface area contributed by atoms with Gasteiger partial charge in [0.2, 0.25) is 0 Å². The van der Waals surface area contributed by atoms with E-state index in [1.807, 2.05) is 0 Å². The Labute approximate surface area is 92.6 Å². The number of amides is 1. The Bertz CT molecular complexity index is 382. The van der Waals surface area contributed by atoms with Crippen LogP contribution in [0.2, 0.25) is 0 Å². The molecule has 0 spiro atoms. The molecule has 2 N–H and O–H groups in total. The van der Waals surface area contributed by atoms with Crippen LogP contribution in [0.3, 0.4) is 0 Å². The zero-order valence-corrected chi connectivity index (χ0v) is 9.02. The fourth-order valence-corrected chi connectivity index (χ4v) is 1.80. The van der Waals surface area contributed by atoms with E-state index in [-0.39, 0.29) is 11.2 Å². The van der Waals surface area contributed by atoms with E-state index < -0.39 is 6.09 Å². The number of aromatic nitrogens is 1. The van der Waals surface area contributed by atoms with Gasteiger partial charge in [0, 0.05) is 24.7 Å². The molecule has 88 valence electrons. The van der Waals surface area contributed by atoms with Gasteiger partial charge in [0.1, 0.15) is 5.76 Å². The number of ether oxygens (including phenoxy) is 1. The minimum atomic E-state index is -1.14. The molecule has 0 aliphatic carbocycles. The average Bonchev–Trinajstić information content (AvgIpc) is 2.67. The van der Waals surface area contributed by atoms with E-state index in [2.05, 4.69) is 17.4 Å². The van der Waals surface area contributed by atoms with Gasteiger partial charge in [0.15, 0.2) is 5.82 Å². The van der Waals surface area contributed by atoms with Gasteiger partial charge in [-0.25, -0.2) is 4.79 Å². The number of hydrogen-bond acceptors (Lipinski definition) is 4. The van der Waals surface area contributed by atoms with Gasteiger partial charge in [-0.2, -0.15) is 0 Å². The van der Waals surface area contributed by atoms with Crippen LogP contribution in [0.1, 0.15) is 25.5 Å². The highest BCUT2D eigenvalue weighted by Crippen LogP contribution is 2.35. The number of anilines is 1. The summed E-state index contributed by atoms with van der Waals surface area (Å²) in [5, 5.41) is 14.4. The van der Waals surface area contributed by atoms with Gasteiger partial charge >= 0.3 is 6.09 Å². The van der Waals surface area contributed by atoms with E-state index in [1.54, 1.807) is 6.07 Å². The van der Waals surface area contributed by atoms with E-state index in [0.29, 0.717) is 19.0 Å². The summed E-state index contributed by atoms with van der Waals surface area (Å²) in [6.45, 7) is 3.46. The molecular weight excluding hydrogens is 212 g/mol. The number of rotatable bonds is 2. The second-order valence-corrected chi connectivity index (χ2v) is 4.18. The smallest absolute Gasteiger partial charge is 0.410 e. The normalized spacial score (nSPS) is 19.3. The van der Waals surface area contributed by atoms with Crippen LogP contribution < -0.4 is 5.32 Å². The van der Waals surface area contributed by atoms with Crippen molar-refractivity contribution in [2.75, 3.05) is 18.5 Å². The van der Waals surface area contributed by atoms with Crippen molar-refractivity contribution in [1.29, 1.82) is 0 Å². The van der Waals surface area contributed by atoms with Gasteiger partial charge in [0.25, 0.3) is 0 Å². The molecule has 0 radical (unpaired) electrons. The van der Waals surface area contributed by atoms with E-state index in [9.17, 15) is 4.79 Å². The van der Waals surface area contributed by atoms with Gasteiger partial charge in [0.05, 0.1) is 0 Å². The minimum absolute atomic E-state index is 0.107. The monoisotopic (exact) mass is 226 g/mol. The van der Waals surface area contributed by atoms with Crippen LogP contribution >= 0.6 is 0 Å². The molecule has 6 nitrogen and oxygen atoms in total. The van der Waals surface area contributed by atoms with E-state index in [4.69, 9.17) is 14.4 Å². The van der Waals surface area contributed by atoms with Crippen LogP contribution in [0, 0.1) is 0 Å². The Morgan fingerprint density at radius 2 is 2.25 bits per heavy atom. The molecule has 0 saturated carbocycles. The topological polar surface area (TPSA) is 84.6 Å². The predicted molar refractivity (Wildman–Crippen MR) is 55.6 cm³/mol. The molecule has 1 amide bonds. The number of nitrogens with zero attached hydrogens (tertiary/aromatic N) is 1. The lowest BCUT2D eigenvalue weighted by Crippen LogP contribution is -2.30. The second-order valence-electron chi connectivity index (χ2n) is 4.18. The van der Waals surface area contributed by atoms with Gasteiger partial charge in [-0.1, -0.05) is 12.1 Å². The SMILES string of the molecule is CC1(c2cc(NC(=O)O)no2)CCOCC1. The van der Waals surface area contributed by atoms with Crippen molar-refractivity contribution in [2.24, 2.45) is 0 Å². The first-order chi connectivity index (χ1) is 7.60. The Morgan fingerprint density at radius 1 is 1.56 bits per heavy atom. The largest absolute Gasteiger partial charge is 0.465 e. The predicted octanol–water partition coefficient (Wildman–Crippen LogP) is 1.83. The molecule has 0 unspecified atom stereocenters. The summed E-state index contributed by atoms with van der Waals surface area (Å²) in [7, 11) is 0. The molecule has 16 heavy (non-hydrogen) atoms. The lowest BCUT2D eigenvalue weighted by molar-refractivity contribution is 0.0467. The summed E-state index contributed by atoms with van der Waals surface area (Å²) in [4.78, 5) is 10.4. The molecule has 1 saturated heterocycles. The van der Waals surface area contributed by atoms with Gasteiger partial charge in [-0.3, -0.25) is 5.32 Å². The van der Waals surface area contributed by atoms with Crippen LogP contribution in [0.5, 0.6) is 0 Å². The zero-order valence-electron chi connectivity index (χ0n) is 9.02. The maximum absolute atomic E-state index is 10.4. The Balaban J connectivity index is 2.13. The van der Waals surface area contributed by atoms with Crippen molar-refractivity contribution in [1.82, 2.24) is 5.16 Å². The lowest BCUT2D eigenvalue weighted by Gasteiger charge is -2.30. The van der Waals surface area contributed by atoms with Crippen molar-refractivity contribution in [3.05, 3.63) is 11.8 Å². The summed E-state index contributed by atoms with van der Waals surface area (Å²) in [6, 6.07) is 1.64. The maximum Gasteiger partial charge on any atom is 0.410 e. The first kappa shape index (κ1) is 10.9. The summed E-state index contributed by atoms with van der Waals surface area (Å²) in [5.41, 5.74) is -0.107. The van der Waals surface area contributed by atoms with E-state index in [0.717, 1.165) is 12.8 Å². The van der Waals surface area contributed by atoms with Crippen molar-refractivity contribution in [3.63, 3.8) is 0 Å². The minimum Gasteiger partial charge on any atom is -0.465 e. The zero-order chi connectivity index (χ0) is 11.6. The molecule has 0 aromatic carbocycles. The summed E-state index contributed by atoms with van der Waals surface area (Å²) >= 11 is 0. The van der Waals surface area contributed by atoms with Crippen molar-refractivity contribution < 1.29 is 19.2 Å². The third kappa shape index (κ3) is 2.16. The molecule has 1 aromatic rings. The molecule has 1 aromatic heterocycles. The Kier molecular flexibility index (Phi) is 2.82. The third-order valence-corrected chi connectivity index (χ3v) is 2.94. The lowest BCUT2D eigenvalue weighted by atomic mass is 9.80. The number of hydrogen-bond donors (Lipinski definition) is 2. The highest BCUT2D eigenvalue weighted by Gasteiger charge is 2.33. The van der Waals surface area contributed by atoms with Gasteiger partial charge < -0.3 is 14.4 Å². The fraction of sp³-hybridized carbons (Fsp3) is 0.600. The number of nitrogens with one attached hydrogen (secondary N) is 1. The van der Waals surface area contributed by atoms with E-state index >= 15 is 0 Å². The molecular formula is C10H14N2O4. The van der Waals surface area contributed by atoms with E-state index in [1.165, 1.54) is 0 Å². The van der Waals surface area contributed by atoms with Crippen molar-refractivity contribution >= 4 is 11.9 Å². The summed E-state index contributed by atoms with van der Waals surface area (Å²) in [5.74, 6) is 0.940. The number of carbonyl (C=O) groups is 1. The van der Waals surface area contributed by atoms with Crippen molar-refractivity contribution in [3.8, 4) is 0 Å². The molecule has 1 fully saturated rings. The molecule has 2 heterocycles. The van der Waals surface area contributed by atoms with Crippen molar-refractivity contribution in [2.45, 2.75) is 25.2 Å². The summed E-state index contributed by atoms with van der Waals surface area (Å²) < 4.78 is 10.5. The van der Waals surface area contributed by atoms with Crippen LogP contribution in [0.15, 0.2) is 10.6 Å². The highest BCUT2D eigenvalue weighted by molar-refractivity contribution is 5.81. The Morgan fingerprint density at radius 3 is 2.88 bits per heavy atom. The van der Waals surface area contributed by atoms with Crippen LogP contribution in [-0.2, 0) is 10.2 Å². The van der Waals surface area contributed by atoms with Crippen LogP contribution in [0.25, 0.3) is 0 Å². The highest BCUT2D eigenvalue weighted by atomic mass is 16.5. The third-order valence-electron chi connectivity index (χ3n) is 2.94. The standard InChI is InChI=1S/C10H14N2O4/c1-10(2-4-15-5-3-10)7-6-8(12-16-7)11-9(13)14/h6H,2-5H2,1H3,(H,11,12)(H,13,14). The first-order valence-corrected chi connectivity index (χ1v) is 5.15. The molecule has 0 atom stereocenters. The molecule has 6 heteroatoms. The van der Waals surface area contributed by atoms with Gasteiger partial charge in [-0.15, -0.1) is 0 Å². The number of carboxylic acid groups (broad SMARTS) is 1. The van der Waals surface area contributed by atoms with Crippen LogP contribution in [-0.4, -0.2) is 29.6 Å². The fourth-order valence-electron chi connectivity index (χ4n) is 1.80. The second kappa shape index (κ2) is 4.13. The molecule has 2 rings (SSSR count).